The number of nitrogens with zero attached hydrogens (tertiary/aromatic N) is 1. The van der Waals surface area contributed by atoms with Gasteiger partial charge in [0.05, 0.1) is 15.7 Å². The largest absolute Gasteiger partial charge is 0.478 e. The van der Waals surface area contributed by atoms with Crippen molar-refractivity contribution in [1.82, 2.24) is 4.98 Å². The number of aromatic nitrogens is 1. The van der Waals surface area contributed by atoms with Crippen molar-refractivity contribution in [2.24, 2.45) is 0 Å². The Morgan fingerprint density at radius 3 is 2.62 bits per heavy atom. The van der Waals surface area contributed by atoms with Gasteiger partial charge in [-0.15, -0.1) is 0 Å². The maximum atomic E-state index is 12.3. The molecule has 0 aliphatic carbocycles. The van der Waals surface area contributed by atoms with E-state index in [1.807, 2.05) is 0 Å². The van der Waals surface area contributed by atoms with Gasteiger partial charge in [-0.3, -0.25) is 4.72 Å². The van der Waals surface area contributed by atoms with Gasteiger partial charge in [0.15, 0.2) is 5.82 Å². The predicted molar refractivity (Wildman–Crippen MR) is 80.6 cm³/mol. The van der Waals surface area contributed by atoms with Crippen molar-refractivity contribution in [3.63, 3.8) is 0 Å². The molecule has 1 aromatic heterocycles. The minimum Gasteiger partial charge on any atom is -0.478 e. The fourth-order valence-corrected chi connectivity index (χ4v) is 3.20. The number of nitrogen functional groups attached to an aromatic ring is 1. The van der Waals surface area contributed by atoms with Crippen LogP contribution in [0.4, 0.5) is 11.5 Å². The number of rotatable bonds is 4. The van der Waals surface area contributed by atoms with Crippen LogP contribution in [0.3, 0.4) is 0 Å². The second kappa shape index (κ2) is 5.70. The van der Waals surface area contributed by atoms with Crippen LogP contribution in [0.25, 0.3) is 0 Å². The number of hydrogen-bond donors (Lipinski definition) is 3. The molecule has 0 bridgehead atoms. The SMILES string of the molecule is Nc1cc(C(=O)O)ccc1S(=O)(=O)Nc1ncccc1Br. The van der Waals surface area contributed by atoms with Crippen molar-refractivity contribution in [1.29, 1.82) is 0 Å². The number of anilines is 2. The molecule has 0 unspecified atom stereocenters. The molecule has 0 fully saturated rings. The first kappa shape index (κ1) is 15.3. The summed E-state index contributed by atoms with van der Waals surface area (Å²) in [5, 5.41) is 8.84. The van der Waals surface area contributed by atoms with Gasteiger partial charge in [-0.05, 0) is 46.3 Å². The Hall–Kier alpha value is -2.13. The molecule has 9 heteroatoms. The molecule has 110 valence electrons. The van der Waals surface area contributed by atoms with Crippen molar-refractivity contribution in [3.05, 3.63) is 46.6 Å². The quantitative estimate of drug-likeness (QED) is 0.705. The van der Waals surface area contributed by atoms with Crippen LogP contribution in [0.2, 0.25) is 0 Å². The minimum absolute atomic E-state index is 0.0922. The number of pyridine rings is 1. The number of carbonyl (C=O) groups is 1. The van der Waals surface area contributed by atoms with Gasteiger partial charge in [-0.1, -0.05) is 0 Å². The molecule has 4 N–H and O–H groups in total. The zero-order chi connectivity index (χ0) is 15.6. The first-order chi connectivity index (χ1) is 9.81. The van der Waals surface area contributed by atoms with Crippen molar-refractivity contribution in [2.75, 3.05) is 10.5 Å². The van der Waals surface area contributed by atoms with E-state index >= 15 is 0 Å². The molecule has 2 rings (SSSR count). The first-order valence-corrected chi connectivity index (χ1v) is 7.85. The Labute approximate surface area is 129 Å². The van der Waals surface area contributed by atoms with Gasteiger partial charge in [-0.2, -0.15) is 0 Å². The molecule has 0 radical (unpaired) electrons. The number of nitrogens with one attached hydrogen (secondary N) is 1. The van der Waals surface area contributed by atoms with E-state index in [4.69, 9.17) is 10.8 Å². The Balaban J connectivity index is 2.41. The minimum atomic E-state index is -3.97. The summed E-state index contributed by atoms with van der Waals surface area (Å²) in [6.45, 7) is 0. The third kappa shape index (κ3) is 3.31. The monoisotopic (exact) mass is 371 g/mol. The lowest BCUT2D eigenvalue weighted by molar-refractivity contribution is 0.0697. The lowest BCUT2D eigenvalue weighted by Gasteiger charge is -2.11. The first-order valence-electron chi connectivity index (χ1n) is 5.57. The number of halogens is 1. The molecule has 0 atom stereocenters. The lowest BCUT2D eigenvalue weighted by Crippen LogP contribution is -2.16. The second-order valence-electron chi connectivity index (χ2n) is 4.00. The molecule has 0 saturated heterocycles. The van der Waals surface area contributed by atoms with Gasteiger partial charge in [0, 0.05) is 6.20 Å². The van der Waals surface area contributed by atoms with Crippen LogP contribution in [-0.2, 0) is 10.0 Å². The van der Waals surface area contributed by atoms with E-state index in [0.29, 0.717) is 4.47 Å². The molecule has 0 aliphatic rings. The molecule has 1 aromatic carbocycles. The Morgan fingerprint density at radius 2 is 2.05 bits per heavy atom. The highest BCUT2D eigenvalue weighted by molar-refractivity contribution is 9.10. The van der Waals surface area contributed by atoms with E-state index in [1.165, 1.54) is 12.3 Å². The number of benzene rings is 1. The summed E-state index contributed by atoms with van der Waals surface area (Å²) in [7, 11) is -3.97. The Morgan fingerprint density at radius 1 is 1.33 bits per heavy atom. The summed E-state index contributed by atoms with van der Waals surface area (Å²) < 4.78 is 27.3. The van der Waals surface area contributed by atoms with Gasteiger partial charge < -0.3 is 10.8 Å². The number of carboxylic acids is 1. The van der Waals surface area contributed by atoms with Gasteiger partial charge in [0.1, 0.15) is 4.90 Å². The van der Waals surface area contributed by atoms with Crippen LogP contribution in [0.1, 0.15) is 10.4 Å². The summed E-state index contributed by atoms with van der Waals surface area (Å²) in [5.41, 5.74) is 5.37. The topological polar surface area (TPSA) is 122 Å². The highest BCUT2D eigenvalue weighted by Gasteiger charge is 2.20. The predicted octanol–water partition coefficient (Wildman–Crippen LogP) is 1.93. The van der Waals surface area contributed by atoms with Crippen LogP contribution < -0.4 is 10.5 Å². The zero-order valence-electron chi connectivity index (χ0n) is 10.4. The van der Waals surface area contributed by atoms with Gasteiger partial charge in [0.2, 0.25) is 0 Å². The third-order valence-corrected chi connectivity index (χ3v) is 4.59. The average Bonchev–Trinajstić information content (AvgIpc) is 2.40. The van der Waals surface area contributed by atoms with E-state index in [1.54, 1.807) is 12.1 Å². The van der Waals surface area contributed by atoms with E-state index in [2.05, 4.69) is 25.6 Å². The second-order valence-corrected chi connectivity index (χ2v) is 6.50. The lowest BCUT2D eigenvalue weighted by atomic mass is 10.2. The smallest absolute Gasteiger partial charge is 0.335 e. The summed E-state index contributed by atoms with van der Waals surface area (Å²) in [5.74, 6) is -1.08. The summed E-state index contributed by atoms with van der Waals surface area (Å²) >= 11 is 3.17. The summed E-state index contributed by atoms with van der Waals surface area (Å²) in [6, 6.07) is 6.66. The highest BCUT2D eigenvalue weighted by atomic mass is 79.9. The number of hydrogen-bond acceptors (Lipinski definition) is 5. The molecule has 0 spiro atoms. The highest BCUT2D eigenvalue weighted by Crippen LogP contribution is 2.25. The van der Waals surface area contributed by atoms with Crippen molar-refractivity contribution in [2.45, 2.75) is 4.90 Å². The Bertz CT molecular complexity index is 808. The van der Waals surface area contributed by atoms with Crippen LogP contribution in [0, 0.1) is 0 Å². The van der Waals surface area contributed by atoms with Crippen LogP contribution >= 0.6 is 15.9 Å². The number of aromatic carboxylic acids is 1. The normalized spacial score (nSPS) is 11.1. The third-order valence-electron chi connectivity index (χ3n) is 2.54. The van der Waals surface area contributed by atoms with Crippen molar-refractivity contribution < 1.29 is 18.3 Å². The van der Waals surface area contributed by atoms with E-state index in [9.17, 15) is 13.2 Å². The summed E-state index contributed by atoms with van der Waals surface area (Å²) in [6.07, 6.45) is 1.43. The van der Waals surface area contributed by atoms with Crippen molar-refractivity contribution in [3.8, 4) is 0 Å². The number of sulfonamides is 1. The average molecular weight is 372 g/mol. The molecule has 7 nitrogen and oxygen atoms in total. The molecule has 2 aromatic rings. The maximum Gasteiger partial charge on any atom is 0.335 e. The maximum absolute atomic E-state index is 12.3. The van der Waals surface area contributed by atoms with Gasteiger partial charge in [0.25, 0.3) is 10.0 Å². The van der Waals surface area contributed by atoms with Crippen LogP contribution in [-0.4, -0.2) is 24.5 Å². The summed E-state index contributed by atoms with van der Waals surface area (Å²) in [4.78, 5) is 14.5. The number of nitrogens with two attached hydrogens (primary N) is 1. The zero-order valence-corrected chi connectivity index (χ0v) is 12.8. The molecule has 0 saturated carbocycles. The Kier molecular flexibility index (Phi) is 4.14. The van der Waals surface area contributed by atoms with Crippen LogP contribution in [0.15, 0.2) is 45.9 Å². The molecule has 1 heterocycles. The van der Waals surface area contributed by atoms with Crippen LogP contribution in [0.5, 0.6) is 0 Å². The van der Waals surface area contributed by atoms with Gasteiger partial charge in [-0.25, -0.2) is 18.2 Å². The molecular weight excluding hydrogens is 362 g/mol. The van der Waals surface area contributed by atoms with Crippen molar-refractivity contribution >= 4 is 43.4 Å². The number of carboxylic acid groups (broad SMARTS) is 1. The standard InChI is InChI=1S/C12H10BrN3O4S/c13-8-2-1-5-15-11(8)16-21(19,20)10-4-3-7(12(17)18)6-9(10)14/h1-6H,14H2,(H,15,16)(H,17,18). The molecule has 0 amide bonds. The van der Waals surface area contributed by atoms with E-state index in [-0.39, 0.29) is 22.0 Å². The molecule has 21 heavy (non-hydrogen) atoms. The molecule has 0 aliphatic heterocycles. The fourth-order valence-electron chi connectivity index (χ4n) is 1.57. The van der Waals surface area contributed by atoms with E-state index in [0.717, 1.165) is 12.1 Å². The van der Waals surface area contributed by atoms with Gasteiger partial charge >= 0.3 is 5.97 Å². The van der Waals surface area contributed by atoms with E-state index < -0.39 is 16.0 Å². The molecular formula is C12H10BrN3O4S. The fraction of sp³-hybridized carbons (Fsp3) is 0.